The smallest absolute Gasteiger partial charge is 0.242 e. The van der Waals surface area contributed by atoms with Crippen LogP contribution in [-0.4, -0.2) is 20.1 Å². The van der Waals surface area contributed by atoms with Crippen LogP contribution < -0.4 is 4.72 Å². The van der Waals surface area contributed by atoms with E-state index < -0.39 is 10.0 Å². The van der Waals surface area contributed by atoms with Gasteiger partial charge in [0.05, 0.1) is 10.4 Å². The van der Waals surface area contributed by atoms with Crippen molar-refractivity contribution in [1.82, 2.24) is 4.72 Å². The van der Waals surface area contributed by atoms with Crippen LogP contribution in [0.1, 0.15) is 37.5 Å². The van der Waals surface area contributed by atoms with E-state index in [0.29, 0.717) is 15.2 Å². The fourth-order valence-electron chi connectivity index (χ4n) is 2.41. The second-order valence-corrected chi connectivity index (χ2v) is 9.54. The lowest BCUT2D eigenvalue weighted by atomic mass is 9.89. The lowest BCUT2D eigenvalue weighted by Gasteiger charge is -2.23. The van der Waals surface area contributed by atoms with Gasteiger partial charge in [-0.05, 0) is 40.3 Å². The maximum atomic E-state index is 12.3. The molecular formula is C12H18BrNO3S2. The molecule has 1 aromatic rings. The highest BCUT2D eigenvalue weighted by Gasteiger charge is 2.31. The van der Waals surface area contributed by atoms with Gasteiger partial charge in [0.25, 0.3) is 0 Å². The van der Waals surface area contributed by atoms with Crippen molar-refractivity contribution in [3.63, 3.8) is 0 Å². The average Bonchev–Trinajstić information content (AvgIpc) is 2.94. The molecule has 1 aliphatic carbocycles. The summed E-state index contributed by atoms with van der Waals surface area (Å²) in [5, 5.41) is 9.06. The van der Waals surface area contributed by atoms with E-state index in [9.17, 15) is 8.42 Å². The predicted octanol–water partition coefficient (Wildman–Crippen LogP) is 2.86. The molecule has 1 aromatic heterocycles. The lowest BCUT2D eigenvalue weighted by molar-refractivity contribution is 0.285. The largest absolute Gasteiger partial charge is 0.391 e. The zero-order valence-corrected chi connectivity index (χ0v) is 14.0. The Bertz CT molecular complexity index is 547. The van der Waals surface area contributed by atoms with Crippen molar-refractivity contribution in [1.29, 1.82) is 0 Å². The van der Waals surface area contributed by atoms with Crippen molar-refractivity contribution >= 4 is 37.3 Å². The molecule has 0 unspecified atom stereocenters. The summed E-state index contributed by atoms with van der Waals surface area (Å²) in [7, 11) is -3.50. The molecule has 19 heavy (non-hydrogen) atoms. The molecule has 0 aromatic carbocycles. The molecule has 0 amide bonds. The van der Waals surface area contributed by atoms with Gasteiger partial charge in [0.1, 0.15) is 4.90 Å². The Morgan fingerprint density at radius 2 is 2.11 bits per heavy atom. The minimum atomic E-state index is -3.50. The van der Waals surface area contributed by atoms with Crippen LogP contribution >= 0.6 is 27.3 Å². The number of nitrogens with one attached hydrogen (secondary N) is 1. The van der Waals surface area contributed by atoms with Crippen molar-refractivity contribution in [3.05, 3.63) is 14.7 Å². The fraction of sp³-hybridized carbons (Fsp3) is 0.667. The standard InChI is InChI=1S/C12H18BrNO3S2/c1-12(4-2-3-5-12)8-14-19(16,17)10-6-9(7-15)18-11(10)13/h6,14-15H,2-5,7-8H2,1H3. The molecule has 0 bridgehead atoms. The van der Waals surface area contributed by atoms with Crippen LogP contribution in [0.3, 0.4) is 0 Å². The van der Waals surface area contributed by atoms with E-state index in [1.54, 1.807) is 0 Å². The highest BCUT2D eigenvalue weighted by molar-refractivity contribution is 9.11. The number of hydrogen-bond donors (Lipinski definition) is 2. The van der Waals surface area contributed by atoms with Crippen molar-refractivity contribution < 1.29 is 13.5 Å². The quantitative estimate of drug-likeness (QED) is 0.840. The first kappa shape index (κ1) is 15.4. The molecule has 1 heterocycles. The number of aliphatic hydroxyl groups excluding tert-OH is 1. The van der Waals surface area contributed by atoms with Gasteiger partial charge in [-0.25, -0.2) is 13.1 Å². The van der Waals surface area contributed by atoms with E-state index in [2.05, 4.69) is 27.6 Å². The molecule has 0 atom stereocenters. The minimum Gasteiger partial charge on any atom is -0.391 e. The molecule has 2 N–H and O–H groups in total. The molecule has 0 radical (unpaired) electrons. The van der Waals surface area contributed by atoms with Crippen LogP contribution in [0.4, 0.5) is 0 Å². The first-order valence-corrected chi connectivity index (χ1v) is 9.34. The molecule has 7 heteroatoms. The minimum absolute atomic E-state index is 0.0787. The van der Waals surface area contributed by atoms with Crippen molar-refractivity contribution in [2.24, 2.45) is 5.41 Å². The Labute approximate surface area is 126 Å². The van der Waals surface area contributed by atoms with Crippen molar-refractivity contribution in [2.75, 3.05) is 6.54 Å². The predicted molar refractivity (Wildman–Crippen MR) is 79.7 cm³/mol. The second kappa shape index (κ2) is 5.81. The van der Waals surface area contributed by atoms with Crippen LogP contribution in [0.25, 0.3) is 0 Å². The third-order valence-electron chi connectivity index (χ3n) is 3.65. The molecule has 108 valence electrons. The van der Waals surface area contributed by atoms with Crippen LogP contribution in [0.2, 0.25) is 0 Å². The molecule has 0 aliphatic heterocycles. The first-order valence-electron chi connectivity index (χ1n) is 6.25. The topological polar surface area (TPSA) is 66.4 Å². The van der Waals surface area contributed by atoms with Gasteiger partial charge in [-0.1, -0.05) is 19.8 Å². The molecular weight excluding hydrogens is 350 g/mol. The lowest BCUT2D eigenvalue weighted by Crippen LogP contribution is -2.34. The van der Waals surface area contributed by atoms with E-state index in [4.69, 9.17) is 5.11 Å². The summed E-state index contributed by atoms with van der Waals surface area (Å²) in [6, 6.07) is 1.52. The highest BCUT2D eigenvalue weighted by atomic mass is 79.9. The summed E-state index contributed by atoms with van der Waals surface area (Å²) in [5.41, 5.74) is 0.0787. The van der Waals surface area contributed by atoms with Crippen molar-refractivity contribution in [2.45, 2.75) is 44.1 Å². The maximum Gasteiger partial charge on any atom is 0.242 e. The molecule has 1 saturated carbocycles. The van der Waals surface area contributed by atoms with Gasteiger partial charge in [-0.2, -0.15) is 0 Å². The van der Waals surface area contributed by atoms with Gasteiger partial charge in [-0.3, -0.25) is 0 Å². The van der Waals surface area contributed by atoms with Crippen molar-refractivity contribution in [3.8, 4) is 0 Å². The zero-order chi connectivity index (χ0) is 14.1. The molecule has 4 nitrogen and oxygen atoms in total. The Balaban J connectivity index is 2.11. The molecule has 2 rings (SSSR count). The van der Waals surface area contributed by atoms with E-state index in [1.807, 2.05) is 0 Å². The van der Waals surface area contributed by atoms with E-state index in [0.717, 1.165) is 12.8 Å². The van der Waals surface area contributed by atoms with E-state index in [1.165, 1.54) is 30.2 Å². The molecule has 0 saturated heterocycles. The number of thiophene rings is 1. The Morgan fingerprint density at radius 1 is 1.47 bits per heavy atom. The van der Waals surface area contributed by atoms with Crippen LogP contribution in [0, 0.1) is 5.41 Å². The van der Waals surface area contributed by atoms with Gasteiger partial charge < -0.3 is 5.11 Å². The summed E-state index contributed by atoms with van der Waals surface area (Å²) in [5.74, 6) is 0. The normalized spacial score (nSPS) is 18.9. The zero-order valence-electron chi connectivity index (χ0n) is 10.8. The number of hydrogen-bond acceptors (Lipinski definition) is 4. The monoisotopic (exact) mass is 367 g/mol. The molecule has 1 fully saturated rings. The summed E-state index contributed by atoms with van der Waals surface area (Å²) in [6.07, 6.45) is 4.49. The number of sulfonamides is 1. The van der Waals surface area contributed by atoms with E-state index in [-0.39, 0.29) is 16.9 Å². The Hall–Kier alpha value is 0.0500. The van der Waals surface area contributed by atoms with Gasteiger partial charge in [-0.15, -0.1) is 11.3 Å². The Kier molecular flexibility index (Phi) is 4.72. The SMILES string of the molecule is CC1(CNS(=O)(=O)c2cc(CO)sc2Br)CCCC1. The third-order valence-corrected chi connectivity index (χ3v) is 7.29. The summed E-state index contributed by atoms with van der Waals surface area (Å²) in [4.78, 5) is 0.863. The number of halogens is 1. The summed E-state index contributed by atoms with van der Waals surface area (Å²) in [6.45, 7) is 2.47. The van der Waals surface area contributed by atoms with E-state index >= 15 is 0 Å². The fourth-order valence-corrected chi connectivity index (χ4v) is 6.15. The van der Waals surface area contributed by atoms with Crippen LogP contribution in [0.5, 0.6) is 0 Å². The summed E-state index contributed by atoms with van der Waals surface area (Å²) >= 11 is 4.49. The maximum absolute atomic E-state index is 12.3. The second-order valence-electron chi connectivity index (χ2n) is 5.35. The first-order chi connectivity index (χ1) is 8.86. The molecule has 1 aliphatic rings. The summed E-state index contributed by atoms with van der Waals surface area (Å²) < 4.78 is 27.8. The van der Waals surface area contributed by atoms with Gasteiger partial charge in [0.15, 0.2) is 0 Å². The number of rotatable bonds is 5. The van der Waals surface area contributed by atoms with Crippen LogP contribution in [-0.2, 0) is 16.6 Å². The Morgan fingerprint density at radius 3 is 2.63 bits per heavy atom. The van der Waals surface area contributed by atoms with Crippen LogP contribution in [0.15, 0.2) is 14.7 Å². The third kappa shape index (κ3) is 3.58. The van der Waals surface area contributed by atoms with Gasteiger partial charge in [0, 0.05) is 11.4 Å². The number of aliphatic hydroxyl groups is 1. The van der Waals surface area contributed by atoms with Gasteiger partial charge >= 0.3 is 0 Å². The highest BCUT2D eigenvalue weighted by Crippen LogP contribution is 2.37. The molecule has 0 spiro atoms. The average molecular weight is 368 g/mol. The van der Waals surface area contributed by atoms with Gasteiger partial charge in [0.2, 0.25) is 10.0 Å².